The summed E-state index contributed by atoms with van der Waals surface area (Å²) in [5.74, 6) is 0.638. The van der Waals surface area contributed by atoms with Gasteiger partial charge in [0, 0.05) is 12.1 Å². The van der Waals surface area contributed by atoms with Gasteiger partial charge in [0.25, 0.3) is 0 Å². The first-order valence-electron chi connectivity index (χ1n) is 7.63. The fourth-order valence-corrected chi connectivity index (χ4v) is 3.09. The quantitative estimate of drug-likeness (QED) is 0.826. The molecule has 3 heteroatoms. The fourth-order valence-electron chi connectivity index (χ4n) is 3.09. The van der Waals surface area contributed by atoms with Gasteiger partial charge in [-0.2, -0.15) is 5.26 Å². The number of benzene rings is 1. The van der Waals surface area contributed by atoms with Crippen LogP contribution in [0.15, 0.2) is 18.2 Å². The lowest BCUT2D eigenvalue weighted by Gasteiger charge is -2.20. The van der Waals surface area contributed by atoms with Crippen molar-refractivity contribution >= 4 is 0 Å². The fraction of sp³-hybridized carbons (Fsp3) is 0.588. The van der Waals surface area contributed by atoms with Crippen LogP contribution in [0.1, 0.15) is 50.2 Å². The number of nitriles is 1. The number of likely N-dealkylation sites (tertiary alicyclic amines) is 1. The molecule has 1 saturated heterocycles. The molecule has 1 aromatic rings. The second kappa shape index (κ2) is 7.40. The van der Waals surface area contributed by atoms with Crippen LogP contribution in [0.3, 0.4) is 0 Å². The molecule has 1 aliphatic rings. The molecule has 0 unspecified atom stereocenters. The van der Waals surface area contributed by atoms with Crippen LogP contribution in [0, 0.1) is 23.1 Å². The first kappa shape index (κ1) is 15.0. The van der Waals surface area contributed by atoms with Gasteiger partial charge in [0.05, 0.1) is 11.6 Å². The zero-order valence-corrected chi connectivity index (χ0v) is 12.2. The summed E-state index contributed by atoms with van der Waals surface area (Å²) in [5, 5.41) is 8.91. The van der Waals surface area contributed by atoms with E-state index in [9.17, 15) is 4.39 Å². The number of nitrogens with zero attached hydrogens (tertiary/aromatic N) is 2. The van der Waals surface area contributed by atoms with Crippen LogP contribution in [-0.2, 0) is 6.54 Å². The Bertz CT molecular complexity index is 478. The van der Waals surface area contributed by atoms with Gasteiger partial charge in [-0.05, 0) is 56.5 Å². The van der Waals surface area contributed by atoms with E-state index in [4.69, 9.17) is 5.26 Å². The van der Waals surface area contributed by atoms with E-state index in [-0.39, 0.29) is 5.82 Å². The second-order valence-corrected chi connectivity index (χ2v) is 5.78. The van der Waals surface area contributed by atoms with E-state index in [1.54, 1.807) is 12.1 Å². The molecular weight excluding hydrogens is 251 g/mol. The maximum Gasteiger partial charge on any atom is 0.127 e. The van der Waals surface area contributed by atoms with Crippen molar-refractivity contribution in [1.29, 1.82) is 5.26 Å². The molecule has 0 N–H and O–H groups in total. The van der Waals surface area contributed by atoms with Gasteiger partial charge in [-0.3, -0.25) is 4.90 Å². The van der Waals surface area contributed by atoms with E-state index in [0.29, 0.717) is 17.7 Å². The molecule has 0 bridgehead atoms. The minimum Gasteiger partial charge on any atom is -0.299 e. The minimum atomic E-state index is -0.196. The van der Waals surface area contributed by atoms with E-state index < -0.39 is 0 Å². The van der Waals surface area contributed by atoms with E-state index in [1.165, 1.54) is 38.2 Å². The van der Waals surface area contributed by atoms with Crippen LogP contribution in [0.4, 0.5) is 4.39 Å². The number of hydrogen-bond donors (Lipinski definition) is 0. The van der Waals surface area contributed by atoms with Crippen molar-refractivity contribution in [3.63, 3.8) is 0 Å². The summed E-state index contributed by atoms with van der Waals surface area (Å²) in [6.07, 6.45) is 6.28. The van der Waals surface area contributed by atoms with Gasteiger partial charge in [0.1, 0.15) is 5.82 Å². The molecule has 1 aliphatic heterocycles. The van der Waals surface area contributed by atoms with E-state index in [2.05, 4.69) is 17.9 Å². The summed E-state index contributed by atoms with van der Waals surface area (Å²) >= 11 is 0. The zero-order chi connectivity index (χ0) is 14.4. The second-order valence-electron chi connectivity index (χ2n) is 5.78. The monoisotopic (exact) mass is 274 g/mol. The van der Waals surface area contributed by atoms with E-state index >= 15 is 0 Å². The predicted octanol–water partition coefficient (Wildman–Crippen LogP) is 4.10. The standard InChI is InChI=1S/C17H23FN2/c1-2-4-14-5-3-9-20(10-8-14)13-16-11-15(12-19)6-7-17(16)18/h6-7,11,14H,2-5,8-10,13H2,1H3/t14-/m1/s1. The molecule has 0 saturated carbocycles. The van der Waals surface area contributed by atoms with Crippen molar-refractivity contribution in [2.24, 2.45) is 5.92 Å². The lowest BCUT2D eigenvalue weighted by molar-refractivity contribution is 0.267. The van der Waals surface area contributed by atoms with Crippen LogP contribution >= 0.6 is 0 Å². The van der Waals surface area contributed by atoms with E-state index in [0.717, 1.165) is 19.0 Å². The van der Waals surface area contributed by atoms with Crippen LogP contribution in [0.5, 0.6) is 0 Å². The van der Waals surface area contributed by atoms with Crippen LogP contribution in [0.25, 0.3) is 0 Å². The van der Waals surface area contributed by atoms with Crippen LogP contribution < -0.4 is 0 Å². The lowest BCUT2D eigenvalue weighted by atomic mass is 9.96. The number of halogens is 1. The highest BCUT2D eigenvalue weighted by Gasteiger charge is 2.17. The lowest BCUT2D eigenvalue weighted by Crippen LogP contribution is -2.24. The Balaban J connectivity index is 1.98. The Morgan fingerprint density at radius 1 is 1.35 bits per heavy atom. The smallest absolute Gasteiger partial charge is 0.127 e. The van der Waals surface area contributed by atoms with Crippen molar-refractivity contribution in [2.45, 2.75) is 45.6 Å². The molecule has 0 radical (unpaired) electrons. The third kappa shape index (κ3) is 4.05. The molecule has 2 nitrogen and oxygen atoms in total. The average molecular weight is 274 g/mol. The first-order valence-corrected chi connectivity index (χ1v) is 7.63. The zero-order valence-electron chi connectivity index (χ0n) is 12.2. The third-order valence-corrected chi connectivity index (χ3v) is 4.21. The largest absolute Gasteiger partial charge is 0.299 e. The maximum atomic E-state index is 13.8. The highest BCUT2D eigenvalue weighted by Crippen LogP contribution is 2.23. The van der Waals surface area contributed by atoms with Gasteiger partial charge in [-0.1, -0.05) is 19.8 Å². The van der Waals surface area contributed by atoms with Crippen molar-refractivity contribution in [3.8, 4) is 6.07 Å². The molecule has 108 valence electrons. The summed E-state index contributed by atoms with van der Waals surface area (Å²) < 4.78 is 13.8. The molecule has 0 amide bonds. The van der Waals surface area contributed by atoms with Crippen molar-refractivity contribution in [3.05, 3.63) is 35.1 Å². The molecule has 20 heavy (non-hydrogen) atoms. The van der Waals surface area contributed by atoms with Crippen LogP contribution in [-0.4, -0.2) is 18.0 Å². The first-order chi connectivity index (χ1) is 9.72. The Kier molecular flexibility index (Phi) is 5.55. The number of rotatable bonds is 4. The summed E-state index contributed by atoms with van der Waals surface area (Å²) in [6, 6.07) is 6.72. The summed E-state index contributed by atoms with van der Waals surface area (Å²) in [6.45, 7) is 4.95. The average Bonchev–Trinajstić information content (AvgIpc) is 2.67. The van der Waals surface area contributed by atoms with Crippen molar-refractivity contribution < 1.29 is 4.39 Å². The van der Waals surface area contributed by atoms with E-state index in [1.807, 2.05) is 0 Å². The topological polar surface area (TPSA) is 27.0 Å². The van der Waals surface area contributed by atoms with Gasteiger partial charge in [-0.25, -0.2) is 4.39 Å². The summed E-state index contributed by atoms with van der Waals surface area (Å²) in [5.41, 5.74) is 1.19. The van der Waals surface area contributed by atoms with Gasteiger partial charge >= 0.3 is 0 Å². The molecule has 2 rings (SSSR count). The van der Waals surface area contributed by atoms with Gasteiger partial charge < -0.3 is 0 Å². The third-order valence-electron chi connectivity index (χ3n) is 4.21. The van der Waals surface area contributed by atoms with Gasteiger partial charge in [0.2, 0.25) is 0 Å². The maximum absolute atomic E-state index is 13.8. The Labute approximate surface area is 121 Å². The minimum absolute atomic E-state index is 0.196. The summed E-state index contributed by atoms with van der Waals surface area (Å²) in [4.78, 5) is 2.33. The van der Waals surface area contributed by atoms with Gasteiger partial charge in [0.15, 0.2) is 0 Å². The Hall–Kier alpha value is -1.40. The predicted molar refractivity (Wildman–Crippen MR) is 78.6 cm³/mol. The van der Waals surface area contributed by atoms with Crippen molar-refractivity contribution in [2.75, 3.05) is 13.1 Å². The van der Waals surface area contributed by atoms with Crippen molar-refractivity contribution in [1.82, 2.24) is 4.90 Å². The number of hydrogen-bond acceptors (Lipinski definition) is 2. The SMILES string of the molecule is CCC[C@@H]1CCCN(Cc2cc(C#N)ccc2F)CC1. The highest BCUT2D eigenvalue weighted by atomic mass is 19.1. The molecule has 0 aromatic heterocycles. The van der Waals surface area contributed by atoms with Crippen LogP contribution in [0.2, 0.25) is 0 Å². The Morgan fingerprint density at radius 2 is 2.20 bits per heavy atom. The molecule has 1 atom stereocenters. The molecule has 0 spiro atoms. The molecule has 0 aliphatic carbocycles. The molecule has 1 aromatic carbocycles. The normalized spacial score (nSPS) is 20.4. The Morgan fingerprint density at radius 3 is 2.95 bits per heavy atom. The highest BCUT2D eigenvalue weighted by molar-refractivity contribution is 5.33. The molecule has 1 heterocycles. The molecule has 1 fully saturated rings. The summed E-state index contributed by atoms with van der Waals surface area (Å²) in [7, 11) is 0. The van der Waals surface area contributed by atoms with Gasteiger partial charge in [-0.15, -0.1) is 0 Å². The molecular formula is C17H23FN2.